The molecular weight excluding hydrogens is 362 g/mol. The molecule has 0 aliphatic heterocycles. The van der Waals surface area contributed by atoms with Crippen LogP contribution in [-0.4, -0.2) is 31.8 Å². The van der Waals surface area contributed by atoms with Gasteiger partial charge in [0.25, 0.3) is 5.69 Å². The molecule has 1 heterocycles. The van der Waals surface area contributed by atoms with Crippen molar-refractivity contribution in [2.24, 2.45) is 0 Å². The van der Waals surface area contributed by atoms with Gasteiger partial charge in [-0.2, -0.15) is 0 Å². The minimum atomic E-state index is -0.502. The fourth-order valence-electron chi connectivity index (χ4n) is 1.42. The van der Waals surface area contributed by atoms with Crippen molar-refractivity contribution in [3.63, 3.8) is 0 Å². The van der Waals surface area contributed by atoms with Gasteiger partial charge in [-0.15, -0.1) is 5.10 Å². The molecule has 0 fully saturated rings. The normalized spacial score (nSPS) is 10.4. The lowest BCUT2D eigenvalue weighted by molar-refractivity contribution is -0.384. The zero-order valence-electron chi connectivity index (χ0n) is 10.8. The fraction of sp³-hybridized carbons (Fsp3) is 0.182. The molecule has 2 aromatic rings. The van der Waals surface area contributed by atoms with Crippen LogP contribution in [0.25, 0.3) is 0 Å². The second-order valence-electron chi connectivity index (χ2n) is 3.96. The standard InChI is InChI=1S/C11H10BrN5O3S/c1-6-13-11(16-15-6)21-5-10(18)14-9-3-2-7(17(19)20)4-8(9)12/h2-4H,5H2,1H3,(H,14,18)(H,13,15,16). The van der Waals surface area contributed by atoms with Gasteiger partial charge in [0.15, 0.2) is 0 Å². The first kappa shape index (κ1) is 15.4. The molecule has 8 nitrogen and oxygen atoms in total. The van der Waals surface area contributed by atoms with Crippen molar-refractivity contribution in [3.05, 3.63) is 38.6 Å². The van der Waals surface area contributed by atoms with Crippen LogP contribution in [0.4, 0.5) is 11.4 Å². The smallest absolute Gasteiger partial charge is 0.270 e. The Hall–Kier alpha value is -1.94. The molecule has 0 aliphatic rings. The van der Waals surface area contributed by atoms with Crippen LogP contribution in [0.15, 0.2) is 27.8 Å². The number of nitro groups is 1. The molecule has 10 heteroatoms. The third kappa shape index (κ3) is 4.26. The summed E-state index contributed by atoms with van der Waals surface area (Å²) in [5, 5.41) is 20.4. The Morgan fingerprint density at radius 1 is 1.57 bits per heavy atom. The Labute approximate surface area is 132 Å². The van der Waals surface area contributed by atoms with Gasteiger partial charge in [-0.1, -0.05) is 11.8 Å². The summed E-state index contributed by atoms with van der Waals surface area (Å²) in [5.74, 6) is 0.564. The van der Waals surface area contributed by atoms with Crippen molar-refractivity contribution in [1.29, 1.82) is 0 Å². The molecule has 0 saturated heterocycles. The predicted molar refractivity (Wildman–Crippen MR) is 81.3 cm³/mol. The Bertz CT molecular complexity index is 690. The minimum absolute atomic E-state index is 0.0505. The average molecular weight is 372 g/mol. The zero-order valence-corrected chi connectivity index (χ0v) is 13.2. The van der Waals surface area contributed by atoms with Crippen LogP contribution in [0.3, 0.4) is 0 Å². The predicted octanol–water partition coefficient (Wildman–Crippen LogP) is 2.51. The van der Waals surface area contributed by atoms with Crippen LogP contribution in [0.5, 0.6) is 0 Å². The summed E-state index contributed by atoms with van der Waals surface area (Å²) in [7, 11) is 0. The summed E-state index contributed by atoms with van der Waals surface area (Å²) < 4.78 is 0.448. The molecule has 2 N–H and O–H groups in total. The maximum atomic E-state index is 11.8. The molecule has 0 bridgehead atoms. The maximum absolute atomic E-state index is 11.8. The number of aryl methyl sites for hydroxylation is 1. The molecule has 0 spiro atoms. The first-order valence-corrected chi connectivity index (χ1v) is 7.49. The molecule has 1 aromatic heterocycles. The molecule has 1 aromatic carbocycles. The molecular formula is C11H10BrN5O3S. The molecule has 0 aliphatic carbocycles. The molecule has 110 valence electrons. The van der Waals surface area contributed by atoms with E-state index in [1.807, 2.05) is 0 Å². The second kappa shape index (κ2) is 6.68. The SMILES string of the molecule is Cc1nc(SCC(=O)Nc2ccc([N+](=O)[O-])cc2Br)n[nH]1. The fourth-order valence-corrected chi connectivity index (χ4v) is 2.53. The van der Waals surface area contributed by atoms with E-state index in [0.29, 0.717) is 21.1 Å². The van der Waals surface area contributed by atoms with Gasteiger partial charge in [-0.05, 0) is 28.9 Å². The van der Waals surface area contributed by atoms with Crippen molar-refractivity contribution in [2.45, 2.75) is 12.1 Å². The lowest BCUT2D eigenvalue weighted by Gasteiger charge is -2.06. The third-order valence-electron chi connectivity index (χ3n) is 2.35. The van der Waals surface area contributed by atoms with E-state index in [4.69, 9.17) is 0 Å². The van der Waals surface area contributed by atoms with E-state index in [-0.39, 0.29) is 17.3 Å². The van der Waals surface area contributed by atoms with Crippen molar-refractivity contribution in [1.82, 2.24) is 15.2 Å². The summed E-state index contributed by atoms with van der Waals surface area (Å²) in [4.78, 5) is 26.0. The highest BCUT2D eigenvalue weighted by atomic mass is 79.9. The van der Waals surface area contributed by atoms with Crippen molar-refractivity contribution >= 4 is 45.0 Å². The third-order valence-corrected chi connectivity index (χ3v) is 3.85. The molecule has 0 unspecified atom stereocenters. The van der Waals surface area contributed by atoms with Crippen LogP contribution in [-0.2, 0) is 4.79 Å². The number of nitro benzene ring substituents is 1. The van der Waals surface area contributed by atoms with E-state index >= 15 is 0 Å². The number of amides is 1. The number of anilines is 1. The molecule has 2 rings (SSSR count). The molecule has 0 saturated carbocycles. The van der Waals surface area contributed by atoms with Crippen LogP contribution >= 0.6 is 27.7 Å². The summed E-state index contributed by atoms with van der Waals surface area (Å²) >= 11 is 4.38. The lowest BCUT2D eigenvalue weighted by atomic mass is 10.3. The lowest BCUT2D eigenvalue weighted by Crippen LogP contribution is -2.14. The number of hydrogen-bond donors (Lipinski definition) is 2. The number of carbonyl (C=O) groups is 1. The quantitative estimate of drug-likeness (QED) is 0.474. The molecule has 21 heavy (non-hydrogen) atoms. The summed E-state index contributed by atoms with van der Waals surface area (Å²) in [6, 6.07) is 4.13. The first-order valence-electron chi connectivity index (χ1n) is 5.71. The first-order chi connectivity index (χ1) is 9.95. The number of thioether (sulfide) groups is 1. The number of hydrogen-bond acceptors (Lipinski definition) is 6. The van der Waals surface area contributed by atoms with E-state index in [1.165, 1.54) is 30.0 Å². The van der Waals surface area contributed by atoms with Crippen LogP contribution < -0.4 is 5.32 Å². The Kier molecular flexibility index (Phi) is 4.91. The highest BCUT2D eigenvalue weighted by Crippen LogP contribution is 2.27. The minimum Gasteiger partial charge on any atom is -0.324 e. The van der Waals surface area contributed by atoms with Gasteiger partial charge in [0.1, 0.15) is 5.82 Å². The zero-order chi connectivity index (χ0) is 15.4. The molecule has 0 atom stereocenters. The largest absolute Gasteiger partial charge is 0.324 e. The Balaban J connectivity index is 1.94. The van der Waals surface area contributed by atoms with Gasteiger partial charge >= 0.3 is 0 Å². The van der Waals surface area contributed by atoms with E-state index in [0.717, 1.165) is 0 Å². The van der Waals surface area contributed by atoms with E-state index in [2.05, 4.69) is 36.4 Å². The number of carbonyl (C=O) groups excluding carboxylic acids is 1. The van der Waals surface area contributed by atoms with E-state index in [1.54, 1.807) is 6.92 Å². The molecule has 1 amide bonds. The van der Waals surface area contributed by atoms with Crippen molar-refractivity contribution < 1.29 is 9.72 Å². The number of non-ortho nitro benzene ring substituents is 1. The number of benzene rings is 1. The van der Waals surface area contributed by atoms with Crippen LogP contribution in [0.2, 0.25) is 0 Å². The van der Waals surface area contributed by atoms with E-state index in [9.17, 15) is 14.9 Å². The number of aromatic amines is 1. The number of H-pyrrole nitrogens is 1. The van der Waals surface area contributed by atoms with Crippen molar-refractivity contribution in [2.75, 3.05) is 11.1 Å². The number of aromatic nitrogens is 3. The second-order valence-corrected chi connectivity index (χ2v) is 5.76. The summed E-state index contributed by atoms with van der Waals surface area (Å²) in [6.45, 7) is 1.77. The van der Waals surface area contributed by atoms with Gasteiger partial charge in [-0.25, -0.2) is 4.98 Å². The highest BCUT2D eigenvalue weighted by molar-refractivity contribution is 9.10. The van der Waals surface area contributed by atoms with Crippen LogP contribution in [0.1, 0.15) is 5.82 Å². The topological polar surface area (TPSA) is 114 Å². The maximum Gasteiger partial charge on any atom is 0.270 e. The van der Waals surface area contributed by atoms with Crippen LogP contribution in [0, 0.1) is 17.0 Å². The summed E-state index contributed by atoms with van der Waals surface area (Å²) in [6.07, 6.45) is 0. The number of nitrogens with one attached hydrogen (secondary N) is 2. The van der Waals surface area contributed by atoms with Gasteiger partial charge in [-0.3, -0.25) is 20.0 Å². The van der Waals surface area contributed by atoms with Gasteiger partial charge in [0.2, 0.25) is 11.1 Å². The Morgan fingerprint density at radius 3 is 2.90 bits per heavy atom. The van der Waals surface area contributed by atoms with Gasteiger partial charge in [0, 0.05) is 16.6 Å². The monoisotopic (exact) mass is 371 g/mol. The highest BCUT2D eigenvalue weighted by Gasteiger charge is 2.12. The van der Waals surface area contributed by atoms with Crippen molar-refractivity contribution in [3.8, 4) is 0 Å². The Morgan fingerprint density at radius 2 is 2.33 bits per heavy atom. The number of halogens is 1. The van der Waals surface area contributed by atoms with Gasteiger partial charge < -0.3 is 5.32 Å². The van der Waals surface area contributed by atoms with E-state index < -0.39 is 4.92 Å². The number of rotatable bonds is 5. The summed E-state index contributed by atoms with van der Waals surface area (Å²) in [5.41, 5.74) is 0.419. The van der Waals surface area contributed by atoms with Gasteiger partial charge in [0.05, 0.1) is 16.4 Å². The number of nitrogens with zero attached hydrogens (tertiary/aromatic N) is 3. The average Bonchev–Trinajstić information content (AvgIpc) is 2.84. The molecule has 0 radical (unpaired) electrons.